The molecule has 9 heteroatoms. The molecule has 2 aromatic heterocycles. The fraction of sp³-hybridized carbons (Fsp3) is 0.0909. The van der Waals surface area contributed by atoms with E-state index in [-0.39, 0.29) is 23.4 Å². The Morgan fingerprint density at radius 1 is 1.35 bits per heavy atom. The predicted molar refractivity (Wildman–Crippen MR) is 67.7 cm³/mol. The van der Waals surface area contributed by atoms with E-state index in [0.29, 0.717) is 17.1 Å². The SMILES string of the molecule is COc1cc(-c2noc(-c3nc(N)n[nH]3)n2)ccc1O. The first-order valence-corrected chi connectivity index (χ1v) is 5.56. The van der Waals surface area contributed by atoms with E-state index in [2.05, 4.69) is 25.3 Å². The van der Waals surface area contributed by atoms with Gasteiger partial charge >= 0.3 is 0 Å². The number of nitrogen functional groups attached to an aromatic ring is 1. The van der Waals surface area contributed by atoms with Crippen LogP contribution in [0.4, 0.5) is 5.95 Å². The van der Waals surface area contributed by atoms with Crippen molar-refractivity contribution in [2.45, 2.75) is 0 Å². The summed E-state index contributed by atoms with van der Waals surface area (Å²) in [5, 5.41) is 19.6. The molecule has 102 valence electrons. The molecular weight excluding hydrogens is 264 g/mol. The maximum Gasteiger partial charge on any atom is 0.295 e. The number of rotatable bonds is 3. The number of nitrogens with two attached hydrogens (primary N) is 1. The molecule has 0 saturated heterocycles. The molecule has 0 bridgehead atoms. The van der Waals surface area contributed by atoms with Gasteiger partial charge in [0.15, 0.2) is 11.5 Å². The normalized spacial score (nSPS) is 10.7. The second kappa shape index (κ2) is 4.53. The minimum Gasteiger partial charge on any atom is -0.504 e. The molecule has 1 aromatic carbocycles. The maximum absolute atomic E-state index is 9.54. The minimum atomic E-state index is 0.0305. The van der Waals surface area contributed by atoms with Crippen LogP contribution in [0.1, 0.15) is 0 Å². The lowest BCUT2D eigenvalue weighted by atomic mass is 10.2. The molecule has 9 nitrogen and oxygen atoms in total. The van der Waals surface area contributed by atoms with Crippen molar-refractivity contribution in [2.24, 2.45) is 0 Å². The molecule has 0 aliphatic heterocycles. The van der Waals surface area contributed by atoms with Crippen LogP contribution in [-0.2, 0) is 0 Å². The number of hydrogen-bond acceptors (Lipinski definition) is 8. The summed E-state index contributed by atoms with van der Waals surface area (Å²) in [6, 6.07) is 4.72. The number of aromatic hydroxyl groups is 1. The quantitative estimate of drug-likeness (QED) is 0.638. The summed E-state index contributed by atoms with van der Waals surface area (Å²) in [5.74, 6) is 1.21. The number of anilines is 1. The monoisotopic (exact) mass is 274 g/mol. The summed E-state index contributed by atoms with van der Waals surface area (Å²) in [6.45, 7) is 0. The number of ether oxygens (including phenoxy) is 1. The standard InChI is InChI=1S/C11H10N6O3/c1-19-7-4-5(2-3-6(7)18)8-13-10(20-17-8)9-14-11(12)16-15-9/h2-4,18H,1H3,(H3,12,14,15,16). The number of benzene rings is 1. The first kappa shape index (κ1) is 12.0. The van der Waals surface area contributed by atoms with Gasteiger partial charge in [0.1, 0.15) is 0 Å². The lowest BCUT2D eigenvalue weighted by Gasteiger charge is -2.03. The fourth-order valence-electron chi connectivity index (χ4n) is 1.62. The Labute approximate surface area is 112 Å². The van der Waals surface area contributed by atoms with E-state index in [4.69, 9.17) is 15.0 Å². The maximum atomic E-state index is 9.54. The molecule has 4 N–H and O–H groups in total. The number of hydrogen-bond donors (Lipinski definition) is 3. The number of H-pyrrole nitrogens is 1. The molecule has 3 rings (SSSR count). The topological polar surface area (TPSA) is 136 Å². The first-order valence-electron chi connectivity index (χ1n) is 5.56. The third-order valence-corrected chi connectivity index (χ3v) is 2.57. The Balaban J connectivity index is 1.97. The van der Waals surface area contributed by atoms with Crippen LogP contribution in [0.15, 0.2) is 22.7 Å². The molecular formula is C11H10N6O3. The molecule has 0 fully saturated rings. The number of phenols is 1. The van der Waals surface area contributed by atoms with Gasteiger partial charge in [-0.15, -0.1) is 5.10 Å². The number of nitrogens with one attached hydrogen (secondary N) is 1. The molecule has 0 radical (unpaired) electrons. The predicted octanol–water partition coefficient (Wildman–Crippen LogP) is 0.818. The van der Waals surface area contributed by atoms with E-state index in [1.165, 1.54) is 13.2 Å². The lowest BCUT2D eigenvalue weighted by molar-refractivity contribution is 0.373. The molecule has 0 aliphatic rings. The molecule has 0 spiro atoms. The Morgan fingerprint density at radius 2 is 2.20 bits per heavy atom. The van der Waals surface area contributed by atoms with Crippen molar-refractivity contribution in [1.82, 2.24) is 25.3 Å². The Bertz CT molecular complexity index is 750. The van der Waals surface area contributed by atoms with Crippen molar-refractivity contribution >= 4 is 5.95 Å². The second-order valence-electron chi connectivity index (χ2n) is 3.85. The van der Waals surface area contributed by atoms with E-state index in [1.807, 2.05) is 0 Å². The number of phenolic OH excluding ortho intramolecular Hbond substituents is 1. The highest BCUT2D eigenvalue weighted by molar-refractivity contribution is 5.61. The average Bonchev–Trinajstić information content (AvgIpc) is 3.08. The largest absolute Gasteiger partial charge is 0.504 e. The molecule has 2 heterocycles. The van der Waals surface area contributed by atoms with Crippen molar-refractivity contribution in [2.75, 3.05) is 12.8 Å². The summed E-state index contributed by atoms with van der Waals surface area (Å²) in [4.78, 5) is 8.05. The third kappa shape index (κ3) is 2.00. The zero-order valence-corrected chi connectivity index (χ0v) is 10.4. The van der Waals surface area contributed by atoms with Crippen LogP contribution in [0, 0.1) is 0 Å². The molecule has 0 unspecified atom stereocenters. The van der Waals surface area contributed by atoms with Gasteiger partial charge in [0.25, 0.3) is 5.89 Å². The number of nitrogens with zero attached hydrogens (tertiary/aromatic N) is 4. The van der Waals surface area contributed by atoms with E-state index in [1.54, 1.807) is 12.1 Å². The molecule has 20 heavy (non-hydrogen) atoms. The smallest absolute Gasteiger partial charge is 0.295 e. The fourth-order valence-corrected chi connectivity index (χ4v) is 1.62. The van der Waals surface area contributed by atoms with Gasteiger partial charge in [0.2, 0.25) is 17.6 Å². The Hall–Kier alpha value is -3.10. The van der Waals surface area contributed by atoms with Gasteiger partial charge < -0.3 is 20.1 Å². The number of aromatic amines is 1. The van der Waals surface area contributed by atoms with Gasteiger partial charge in [-0.1, -0.05) is 5.16 Å². The van der Waals surface area contributed by atoms with Gasteiger partial charge in [-0.25, -0.2) is 0 Å². The van der Waals surface area contributed by atoms with E-state index in [0.717, 1.165) is 0 Å². The summed E-state index contributed by atoms with van der Waals surface area (Å²) in [5.41, 5.74) is 6.03. The van der Waals surface area contributed by atoms with Gasteiger partial charge in [-0.2, -0.15) is 9.97 Å². The summed E-state index contributed by atoms with van der Waals surface area (Å²) >= 11 is 0. The zero-order chi connectivity index (χ0) is 14.1. The lowest BCUT2D eigenvalue weighted by Crippen LogP contribution is -1.87. The van der Waals surface area contributed by atoms with Crippen molar-refractivity contribution in [3.05, 3.63) is 18.2 Å². The van der Waals surface area contributed by atoms with Gasteiger partial charge in [0, 0.05) is 5.56 Å². The number of methoxy groups -OCH3 is 1. The van der Waals surface area contributed by atoms with E-state index < -0.39 is 0 Å². The first-order chi connectivity index (χ1) is 9.67. The highest BCUT2D eigenvalue weighted by Crippen LogP contribution is 2.30. The van der Waals surface area contributed by atoms with E-state index in [9.17, 15) is 5.11 Å². The molecule has 0 amide bonds. The van der Waals surface area contributed by atoms with E-state index >= 15 is 0 Å². The van der Waals surface area contributed by atoms with Crippen molar-refractivity contribution in [1.29, 1.82) is 0 Å². The van der Waals surface area contributed by atoms with Crippen molar-refractivity contribution < 1.29 is 14.4 Å². The van der Waals surface area contributed by atoms with Crippen LogP contribution in [0.3, 0.4) is 0 Å². The van der Waals surface area contributed by atoms with Crippen LogP contribution in [0.5, 0.6) is 11.5 Å². The van der Waals surface area contributed by atoms with Gasteiger partial charge in [-0.05, 0) is 18.2 Å². The van der Waals surface area contributed by atoms with Crippen molar-refractivity contribution in [3.63, 3.8) is 0 Å². The van der Waals surface area contributed by atoms with Crippen LogP contribution in [-0.4, -0.2) is 37.5 Å². The Kier molecular flexibility index (Phi) is 2.71. The average molecular weight is 274 g/mol. The highest BCUT2D eigenvalue weighted by Gasteiger charge is 2.15. The summed E-state index contributed by atoms with van der Waals surface area (Å²) in [7, 11) is 1.46. The van der Waals surface area contributed by atoms with Crippen molar-refractivity contribution in [3.8, 4) is 34.6 Å². The highest BCUT2D eigenvalue weighted by atomic mass is 16.5. The van der Waals surface area contributed by atoms with Crippen LogP contribution in [0.25, 0.3) is 23.1 Å². The van der Waals surface area contributed by atoms with Gasteiger partial charge in [-0.3, -0.25) is 5.10 Å². The molecule has 0 aliphatic carbocycles. The van der Waals surface area contributed by atoms with Crippen LogP contribution >= 0.6 is 0 Å². The Morgan fingerprint density at radius 3 is 2.90 bits per heavy atom. The third-order valence-electron chi connectivity index (χ3n) is 2.57. The summed E-state index contributed by atoms with van der Waals surface area (Å²) < 4.78 is 10.1. The minimum absolute atomic E-state index is 0.0305. The second-order valence-corrected chi connectivity index (χ2v) is 3.85. The molecule has 0 saturated carbocycles. The number of aromatic nitrogens is 5. The van der Waals surface area contributed by atoms with Gasteiger partial charge in [0.05, 0.1) is 7.11 Å². The van der Waals surface area contributed by atoms with Crippen LogP contribution < -0.4 is 10.5 Å². The van der Waals surface area contributed by atoms with Crippen LogP contribution in [0.2, 0.25) is 0 Å². The summed E-state index contributed by atoms with van der Waals surface area (Å²) in [6.07, 6.45) is 0. The molecule has 0 atom stereocenters. The zero-order valence-electron chi connectivity index (χ0n) is 10.4. The molecule has 3 aromatic rings.